The molecule has 3 heterocycles. The summed E-state index contributed by atoms with van der Waals surface area (Å²) in [7, 11) is 0. The topological polar surface area (TPSA) is 78.6 Å². The molecule has 1 amide bonds. The molecule has 2 aromatic rings. The quantitative estimate of drug-likeness (QED) is 0.881. The van der Waals surface area contributed by atoms with Gasteiger partial charge in [0.25, 0.3) is 0 Å². The third kappa shape index (κ3) is 3.78. The second-order valence-corrected chi connectivity index (χ2v) is 7.18. The maximum Gasteiger partial charge on any atom is 0.236 e. The Hall–Kier alpha value is -2.25. The summed E-state index contributed by atoms with van der Waals surface area (Å²) in [5.74, 6) is 1.59. The SMILES string of the molecule is Nc1nc(CN2CCN(CC(=O)N3CCCC3)CC2)nc2ccccc12. The minimum atomic E-state index is 0.279. The van der Waals surface area contributed by atoms with Gasteiger partial charge in [0.05, 0.1) is 18.6 Å². The molecule has 1 aromatic heterocycles. The first kappa shape index (κ1) is 17.2. The summed E-state index contributed by atoms with van der Waals surface area (Å²) < 4.78 is 0. The Balaban J connectivity index is 1.32. The lowest BCUT2D eigenvalue weighted by Gasteiger charge is -2.34. The fourth-order valence-corrected chi connectivity index (χ4v) is 3.79. The summed E-state index contributed by atoms with van der Waals surface area (Å²) in [6.07, 6.45) is 2.29. The molecule has 1 aromatic carbocycles. The van der Waals surface area contributed by atoms with Gasteiger partial charge in [-0.1, -0.05) is 12.1 Å². The number of rotatable bonds is 4. The van der Waals surface area contributed by atoms with E-state index in [1.807, 2.05) is 29.2 Å². The lowest BCUT2D eigenvalue weighted by atomic mass is 10.2. The molecule has 2 N–H and O–H groups in total. The molecule has 4 rings (SSSR count). The van der Waals surface area contributed by atoms with Crippen molar-refractivity contribution < 1.29 is 4.79 Å². The fourth-order valence-electron chi connectivity index (χ4n) is 3.79. The molecule has 2 aliphatic rings. The van der Waals surface area contributed by atoms with E-state index in [1.165, 1.54) is 0 Å². The highest BCUT2D eigenvalue weighted by molar-refractivity contribution is 5.87. The minimum absolute atomic E-state index is 0.279. The summed E-state index contributed by atoms with van der Waals surface area (Å²) in [5, 5.41) is 0.904. The summed E-state index contributed by atoms with van der Waals surface area (Å²) >= 11 is 0. The molecule has 0 saturated carbocycles. The first-order valence-corrected chi connectivity index (χ1v) is 9.43. The molecule has 26 heavy (non-hydrogen) atoms. The van der Waals surface area contributed by atoms with Crippen molar-refractivity contribution in [2.75, 3.05) is 51.5 Å². The van der Waals surface area contributed by atoms with E-state index in [1.54, 1.807) is 0 Å². The summed E-state index contributed by atoms with van der Waals surface area (Å²) in [6.45, 7) is 6.76. The van der Waals surface area contributed by atoms with Crippen LogP contribution in [0.3, 0.4) is 0 Å². The van der Waals surface area contributed by atoms with Crippen molar-refractivity contribution in [3.8, 4) is 0 Å². The Bertz CT molecular complexity index is 781. The zero-order valence-electron chi connectivity index (χ0n) is 15.1. The molecule has 0 bridgehead atoms. The van der Waals surface area contributed by atoms with Crippen LogP contribution in [-0.2, 0) is 11.3 Å². The van der Waals surface area contributed by atoms with Crippen LogP contribution < -0.4 is 5.73 Å². The number of carbonyl (C=O) groups is 1. The lowest BCUT2D eigenvalue weighted by molar-refractivity contribution is -0.131. The highest BCUT2D eigenvalue weighted by Crippen LogP contribution is 2.18. The van der Waals surface area contributed by atoms with Crippen molar-refractivity contribution >= 4 is 22.6 Å². The summed E-state index contributed by atoms with van der Waals surface area (Å²) in [4.78, 5) is 28.0. The third-order valence-electron chi connectivity index (χ3n) is 5.33. The minimum Gasteiger partial charge on any atom is -0.383 e. The molecule has 2 saturated heterocycles. The molecule has 7 nitrogen and oxygen atoms in total. The number of nitrogen functional groups attached to an aromatic ring is 1. The molecule has 2 aliphatic heterocycles. The number of aromatic nitrogens is 2. The van der Waals surface area contributed by atoms with E-state index >= 15 is 0 Å². The number of benzene rings is 1. The standard InChI is InChI=1S/C19H26N6O/c20-19-15-5-1-2-6-16(15)21-17(22-19)13-23-9-11-24(12-10-23)14-18(26)25-7-3-4-8-25/h1-2,5-6H,3-4,7-14H2,(H2,20,21,22). The van der Waals surface area contributed by atoms with Crippen LogP contribution in [0.15, 0.2) is 24.3 Å². The molecule has 2 fully saturated rings. The van der Waals surface area contributed by atoms with Crippen molar-refractivity contribution in [3.63, 3.8) is 0 Å². The van der Waals surface area contributed by atoms with Crippen molar-refractivity contribution in [2.45, 2.75) is 19.4 Å². The number of para-hydroxylation sites is 1. The van der Waals surface area contributed by atoms with Crippen LogP contribution in [0.4, 0.5) is 5.82 Å². The van der Waals surface area contributed by atoms with Crippen molar-refractivity contribution in [3.05, 3.63) is 30.1 Å². The molecule has 0 aliphatic carbocycles. The number of nitrogens with zero attached hydrogens (tertiary/aromatic N) is 5. The Morgan fingerprint density at radius 3 is 2.42 bits per heavy atom. The number of amides is 1. The van der Waals surface area contributed by atoms with Crippen molar-refractivity contribution in [1.82, 2.24) is 24.7 Å². The van der Waals surface area contributed by atoms with Gasteiger partial charge in [-0.05, 0) is 25.0 Å². The molecular weight excluding hydrogens is 328 g/mol. The van der Waals surface area contributed by atoms with Crippen LogP contribution in [0.25, 0.3) is 10.9 Å². The van der Waals surface area contributed by atoms with Gasteiger partial charge in [-0.3, -0.25) is 14.6 Å². The van der Waals surface area contributed by atoms with Crippen LogP contribution in [0, 0.1) is 0 Å². The van der Waals surface area contributed by atoms with E-state index in [2.05, 4.69) is 19.8 Å². The molecule has 138 valence electrons. The molecule has 0 spiro atoms. The number of nitrogens with two attached hydrogens (primary N) is 1. The first-order valence-electron chi connectivity index (χ1n) is 9.43. The van der Waals surface area contributed by atoms with E-state index < -0.39 is 0 Å². The monoisotopic (exact) mass is 354 g/mol. The molecule has 7 heteroatoms. The van der Waals surface area contributed by atoms with Gasteiger partial charge in [-0.2, -0.15) is 0 Å². The van der Waals surface area contributed by atoms with Crippen LogP contribution in [0.5, 0.6) is 0 Å². The molecular formula is C19H26N6O. The van der Waals surface area contributed by atoms with Gasteiger partial charge in [-0.15, -0.1) is 0 Å². The predicted molar refractivity (Wildman–Crippen MR) is 101 cm³/mol. The summed E-state index contributed by atoms with van der Waals surface area (Å²) in [6, 6.07) is 7.84. The highest BCUT2D eigenvalue weighted by atomic mass is 16.2. The number of likely N-dealkylation sites (tertiary alicyclic amines) is 1. The van der Waals surface area contributed by atoms with Gasteiger partial charge in [-0.25, -0.2) is 9.97 Å². The second kappa shape index (κ2) is 7.55. The van der Waals surface area contributed by atoms with Crippen molar-refractivity contribution in [1.29, 1.82) is 0 Å². The number of fused-ring (bicyclic) bond motifs is 1. The highest BCUT2D eigenvalue weighted by Gasteiger charge is 2.23. The van der Waals surface area contributed by atoms with Gasteiger partial charge in [0.15, 0.2) is 0 Å². The van der Waals surface area contributed by atoms with Crippen LogP contribution >= 0.6 is 0 Å². The van der Waals surface area contributed by atoms with Gasteiger partial charge >= 0.3 is 0 Å². The average molecular weight is 354 g/mol. The largest absolute Gasteiger partial charge is 0.383 e. The predicted octanol–water partition coefficient (Wildman–Crippen LogP) is 0.952. The molecule has 0 atom stereocenters. The Labute approximate surface area is 153 Å². The zero-order chi connectivity index (χ0) is 17.9. The smallest absolute Gasteiger partial charge is 0.236 e. The maximum atomic E-state index is 12.3. The Morgan fingerprint density at radius 1 is 0.962 bits per heavy atom. The Morgan fingerprint density at radius 2 is 1.65 bits per heavy atom. The van der Waals surface area contributed by atoms with Gasteiger partial charge < -0.3 is 10.6 Å². The first-order chi connectivity index (χ1) is 12.7. The molecule has 0 unspecified atom stereocenters. The van der Waals surface area contributed by atoms with Crippen LogP contribution in [-0.4, -0.2) is 76.4 Å². The van der Waals surface area contributed by atoms with Crippen LogP contribution in [0.1, 0.15) is 18.7 Å². The second-order valence-electron chi connectivity index (χ2n) is 7.18. The normalized spacial score (nSPS) is 19.3. The van der Waals surface area contributed by atoms with Crippen LogP contribution in [0.2, 0.25) is 0 Å². The van der Waals surface area contributed by atoms with E-state index in [-0.39, 0.29) is 5.91 Å². The Kier molecular flexibility index (Phi) is 4.99. The van der Waals surface area contributed by atoms with E-state index in [0.717, 1.165) is 68.8 Å². The fraction of sp³-hybridized carbons (Fsp3) is 0.526. The zero-order valence-corrected chi connectivity index (χ0v) is 15.1. The average Bonchev–Trinajstić information content (AvgIpc) is 3.18. The van der Waals surface area contributed by atoms with Gasteiger partial charge in [0, 0.05) is 44.7 Å². The van der Waals surface area contributed by atoms with Gasteiger partial charge in [0.1, 0.15) is 11.6 Å². The number of hydrogen-bond donors (Lipinski definition) is 1. The number of carbonyl (C=O) groups excluding carboxylic acids is 1. The van der Waals surface area contributed by atoms with Gasteiger partial charge in [0.2, 0.25) is 5.91 Å². The number of hydrogen-bond acceptors (Lipinski definition) is 6. The molecule has 0 radical (unpaired) electrons. The summed E-state index contributed by atoms with van der Waals surface area (Å²) in [5.41, 5.74) is 6.97. The number of piperazine rings is 1. The van der Waals surface area contributed by atoms with E-state index in [4.69, 9.17) is 5.73 Å². The van der Waals surface area contributed by atoms with Crippen molar-refractivity contribution in [2.24, 2.45) is 0 Å². The van der Waals surface area contributed by atoms with E-state index in [9.17, 15) is 4.79 Å². The maximum absolute atomic E-state index is 12.3. The lowest BCUT2D eigenvalue weighted by Crippen LogP contribution is -2.49. The number of anilines is 1. The third-order valence-corrected chi connectivity index (χ3v) is 5.33. The van der Waals surface area contributed by atoms with E-state index in [0.29, 0.717) is 18.9 Å².